The number of nitrogens with zero attached hydrogens (tertiary/aromatic N) is 2. The number of carboxylic acid groups (broad SMARTS) is 1. The molecule has 0 aliphatic heterocycles. The molecule has 0 saturated heterocycles. The molecule has 1 amide bonds. The number of amides is 1. The quantitative estimate of drug-likeness (QED) is 0.300. The van der Waals surface area contributed by atoms with Gasteiger partial charge < -0.3 is 19.1 Å². The molecule has 2 N–H and O–H groups in total. The highest BCUT2D eigenvalue weighted by Crippen LogP contribution is 2.34. The average molecular weight is 491 g/mol. The highest BCUT2D eigenvalue weighted by atomic mass is 19.1. The summed E-state index contributed by atoms with van der Waals surface area (Å²) in [5, 5.41) is 15.0. The minimum absolute atomic E-state index is 0.113. The Bertz CT molecular complexity index is 1360. The highest BCUT2D eigenvalue weighted by Gasteiger charge is 2.23. The first-order valence-corrected chi connectivity index (χ1v) is 11.0. The molecule has 0 radical (unpaired) electrons. The molecule has 0 aliphatic carbocycles. The van der Waals surface area contributed by atoms with E-state index < -0.39 is 30.0 Å². The Kier molecular flexibility index (Phi) is 7.24. The number of carboxylic acids is 1. The summed E-state index contributed by atoms with van der Waals surface area (Å²) in [6.45, 7) is 3.25. The van der Waals surface area contributed by atoms with Crippen molar-refractivity contribution in [2.24, 2.45) is 0 Å². The maximum absolute atomic E-state index is 14.4. The lowest BCUT2D eigenvalue weighted by atomic mass is 10.0. The van der Waals surface area contributed by atoms with Gasteiger partial charge in [0.25, 0.3) is 5.95 Å². The van der Waals surface area contributed by atoms with Crippen molar-refractivity contribution in [1.29, 1.82) is 0 Å². The fourth-order valence-electron chi connectivity index (χ4n) is 3.45. The smallest absolute Gasteiger partial charge is 0.414 e. The summed E-state index contributed by atoms with van der Waals surface area (Å²) >= 11 is 0. The van der Waals surface area contributed by atoms with Gasteiger partial charge in [0.05, 0.1) is 5.92 Å². The number of aromatic nitrogens is 2. The Morgan fingerprint density at radius 2 is 1.75 bits per heavy atom. The van der Waals surface area contributed by atoms with Gasteiger partial charge in [-0.15, -0.1) is 0 Å². The molecule has 2 heterocycles. The molecule has 9 nitrogen and oxygen atoms in total. The summed E-state index contributed by atoms with van der Waals surface area (Å²) in [5.74, 6) is -2.47. The number of ether oxygens (including phenoxy) is 2. The van der Waals surface area contributed by atoms with E-state index in [1.165, 1.54) is 18.3 Å². The number of carbonyl (C=O) groups excluding carboxylic acids is 1. The zero-order valence-corrected chi connectivity index (χ0v) is 19.3. The first-order chi connectivity index (χ1) is 17.3. The van der Waals surface area contributed by atoms with Crippen LogP contribution in [-0.2, 0) is 9.53 Å². The monoisotopic (exact) mass is 491 g/mol. The summed E-state index contributed by atoms with van der Waals surface area (Å²) in [5.41, 5.74) is 1.42. The van der Waals surface area contributed by atoms with Gasteiger partial charge in [0.15, 0.2) is 0 Å². The van der Waals surface area contributed by atoms with Crippen LogP contribution < -0.4 is 10.1 Å². The number of rotatable bonds is 8. The van der Waals surface area contributed by atoms with Crippen LogP contribution in [0.2, 0.25) is 0 Å². The number of hydrogen-bond donors (Lipinski definition) is 2. The SMILES string of the molecule is CC(OC(=O)Nc1onc(F)c1-c1ccc(Oc2ccccc2C(C)C(=O)O)nc1)c1ccccc1. The molecule has 10 heteroatoms. The first kappa shape index (κ1) is 24.4. The summed E-state index contributed by atoms with van der Waals surface area (Å²) in [4.78, 5) is 27.9. The van der Waals surface area contributed by atoms with Crippen LogP contribution in [0.3, 0.4) is 0 Å². The van der Waals surface area contributed by atoms with Crippen LogP contribution in [0.1, 0.15) is 37.0 Å². The van der Waals surface area contributed by atoms with Gasteiger partial charge in [0.2, 0.25) is 11.8 Å². The van der Waals surface area contributed by atoms with Crippen LogP contribution in [0, 0.1) is 5.95 Å². The minimum atomic E-state index is -0.992. The number of pyridine rings is 1. The van der Waals surface area contributed by atoms with Gasteiger partial charge in [0, 0.05) is 23.4 Å². The summed E-state index contributed by atoms with van der Waals surface area (Å²) < 4.78 is 30.5. The van der Waals surface area contributed by atoms with Crippen molar-refractivity contribution in [2.75, 3.05) is 5.32 Å². The molecule has 0 saturated carbocycles. The van der Waals surface area contributed by atoms with Crippen molar-refractivity contribution in [3.8, 4) is 22.8 Å². The molecule has 0 spiro atoms. The van der Waals surface area contributed by atoms with Crippen LogP contribution in [0.25, 0.3) is 11.1 Å². The van der Waals surface area contributed by atoms with E-state index in [0.29, 0.717) is 11.3 Å². The molecule has 2 aromatic carbocycles. The number of nitrogens with one attached hydrogen (secondary N) is 1. The average Bonchev–Trinajstić information content (AvgIpc) is 3.24. The largest absolute Gasteiger partial charge is 0.481 e. The second-order valence-corrected chi connectivity index (χ2v) is 7.85. The van der Waals surface area contributed by atoms with Gasteiger partial charge in [0.1, 0.15) is 17.4 Å². The predicted molar refractivity (Wildman–Crippen MR) is 127 cm³/mol. The molecular formula is C26H22FN3O6. The summed E-state index contributed by atoms with van der Waals surface area (Å²) in [6, 6.07) is 18.8. The van der Waals surface area contributed by atoms with E-state index in [9.17, 15) is 19.1 Å². The standard InChI is InChI=1S/C26H22FN3O6/c1-15(25(31)32)19-10-6-7-11-20(19)35-21-13-12-18(14-28-21)22-23(27)30-36-24(22)29-26(33)34-16(2)17-8-4-3-5-9-17/h3-16H,1-2H3,(H,29,33)(H,31,32). The second-order valence-electron chi connectivity index (χ2n) is 7.85. The zero-order valence-electron chi connectivity index (χ0n) is 19.3. The molecule has 36 heavy (non-hydrogen) atoms. The molecule has 0 fully saturated rings. The molecule has 2 unspecified atom stereocenters. The number of para-hydroxylation sites is 1. The van der Waals surface area contributed by atoms with Crippen molar-refractivity contribution in [2.45, 2.75) is 25.9 Å². The van der Waals surface area contributed by atoms with Gasteiger partial charge in [-0.2, -0.15) is 4.39 Å². The summed E-state index contributed by atoms with van der Waals surface area (Å²) in [7, 11) is 0. The van der Waals surface area contributed by atoms with E-state index in [1.807, 2.05) is 30.3 Å². The first-order valence-electron chi connectivity index (χ1n) is 11.0. The van der Waals surface area contributed by atoms with Crippen LogP contribution in [0.5, 0.6) is 11.6 Å². The van der Waals surface area contributed by atoms with E-state index in [2.05, 4.69) is 15.5 Å². The van der Waals surface area contributed by atoms with Crippen LogP contribution in [0.15, 0.2) is 77.4 Å². The lowest BCUT2D eigenvalue weighted by Gasteiger charge is -2.14. The Balaban J connectivity index is 1.49. The van der Waals surface area contributed by atoms with Gasteiger partial charge in [-0.25, -0.2) is 9.78 Å². The minimum Gasteiger partial charge on any atom is -0.481 e. The van der Waals surface area contributed by atoms with E-state index in [0.717, 1.165) is 5.56 Å². The Morgan fingerprint density at radius 3 is 2.44 bits per heavy atom. The number of carbonyl (C=O) groups is 2. The van der Waals surface area contributed by atoms with Gasteiger partial charge in [-0.3, -0.25) is 10.1 Å². The Morgan fingerprint density at radius 1 is 1.03 bits per heavy atom. The third-order valence-corrected chi connectivity index (χ3v) is 5.41. The molecule has 2 aromatic heterocycles. The van der Waals surface area contributed by atoms with Crippen molar-refractivity contribution in [1.82, 2.24) is 10.1 Å². The molecule has 4 aromatic rings. The van der Waals surface area contributed by atoms with Crippen molar-refractivity contribution in [3.05, 3.63) is 90.0 Å². The van der Waals surface area contributed by atoms with E-state index >= 15 is 0 Å². The van der Waals surface area contributed by atoms with E-state index in [-0.39, 0.29) is 22.9 Å². The fraction of sp³-hybridized carbons (Fsp3) is 0.154. The topological polar surface area (TPSA) is 124 Å². The summed E-state index contributed by atoms with van der Waals surface area (Å²) in [6.07, 6.45) is -0.0786. The second kappa shape index (κ2) is 10.7. The zero-order chi connectivity index (χ0) is 25.7. The van der Waals surface area contributed by atoms with Crippen LogP contribution in [0.4, 0.5) is 15.1 Å². The third kappa shape index (κ3) is 5.49. The third-order valence-electron chi connectivity index (χ3n) is 5.41. The molecule has 4 rings (SSSR count). The number of halogens is 1. The Hall–Kier alpha value is -4.73. The van der Waals surface area contributed by atoms with Crippen LogP contribution in [-0.4, -0.2) is 27.3 Å². The number of anilines is 1. The lowest BCUT2D eigenvalue weighted by Crippen LogP contribution is -2.16. The van der Waals surface area contributed by atoms with Gasteiger partial charge >= 0.3 is 12.1 Å². The van der Waals surface area contributed by atoms with E-state index in [1.54, 1.807) is 38.1 Å². The number of benzene rings is 2. The lowest BCUT2D eigenvalue weighted by molar-refractivity contribution is -0.138. The molecule has 0 bridgehead atoms. The van der Waals surface area contributed by atoms with Crippen molar-refractivity contribution >= 4 is 17.9 Å². The van der Waals surface area contributed by atoms with Crippen LogP contribution >= 0.6 is 0 Å². The maximum atomic E-state index is 14.4. The number of hydrogen-bond acceptors (Lipinski definition) is 7. The molecule has 184 valence electrons. The van der Waals surface area contributed by atoms with Crippen molar-refractivity contribution < 1.29 is 33.1 Å². The fourth-order valence-corrected chi connectivity index (χ4v) is 3.45. The highest BCUT2D eigenvalue weighted by molar-refractivity contribution is 5.88. The normalized spacial score (nSPS) is 12.4. The Labute approximate surface area is 205 Å². The van der Waals surface area contributed by atoms with E-state index in [4.69, 9.17) is 14.0 Å². The van der Waals surface area contributed by atoms with Gasteiger partial charge in [-0.05, 0) is 36.7 Å². The maximum Gasteiger partial charge on any atom is 0.414 e. The van der Waals surface area contributed by atoms with Crippen molar-refractivity contribution in [3.63, 3.8) is 0 Å². The molecule has 2 atom stereocenters. The molecule has 0 aliphatic rings. The van der Waals surface area contributed by atoms with Gasteiger partial charge in [-0.1, -0.05) is 48.5 Å². The molecular weight excluding hydrogens is 469 g/mol. The number of aliphatic carboxylic acids is 1. The predicted octanol–water partition coefficient (Wildman–Crippen LogP) is 6.17.